The highest BCUT2D eigenvalue weighted by molar-refractivity contribution is 8.13. The Hall–Kier alpha value is -2.07. The number of aryl methyl sites for hydroxylation is 2. The second-order valence-corrected chi connectivity index (χ2v) is 7.14. The minimum Gasteiger partial charge on any atom is -0.325 e. The highest BCUT2D eigenvalue weighted by atomic mass is 32.2. The lowest BCUT2D eigenvalue weighted by molar-refractivity contribution is -0.119. The van der Waals surface area contributed by atoms with Crippen LogP contribution in [-0.2, 0) is 16.0 Å². The fraction of sp³-hybridized carbons (Fsp3) is 0.300. The number of anilines is 1. The summed E-state index contributed by atoms with van der Waals surface area (Å²) in [6.07, 6.45) is 0.623. The Balaban J connectivity index is 2.15. The van der Waals surface area contributed by atoms with Crippen molar-refractivity contribution in [2.45, 2.75) is 27.2 Å². The quantitative estimate of drug-likeness (QED) is 0.848. The molecule has 0 saturated carbocycles. The number of hydrogen-bond donors (Lipinski definition) is 1. The third-order valence-corrected chi connectivity index (χ3v) is 4.89. The molecule has 1 unspecified atom stereocenters. The van der Waals surface area contributed by atoms with E-state index >= 15 is 0 Å². The van der Waals surface area contributed by atoms with Crippen molar-refractivity contribution in [2.75, 3.05) is 11.1 Å². The second-order valence-electron chi connectivity index (χ2n) is 5.95. The van der Waals surface area contributed by atoms with Crippen molar-refractivity contribution in [1.29, 1.82) is 0 Å². The van der Waals surface area contributed by atoms with E-state index in [2.05, 4.69) is 5.32 Å². The van der Waals surface area contributed by atoms with Gasteiger partial charge in [-0.05, 0) is 37.0 Å². The van der Waals surface area contributed by atoms with Crippen LogP contribution in [0.25, 0.3) is 0 Å². The summed E-state index contributed by atoms with van der Waals surface area (Å²) in [5.41, 5.74) is 4.05. The number of rotatable bonds is 6. The van der Waals surface area contributed by atoms with E-state index in [-0.39, 0.29) is 16.9 Å². The molecule has 1 N–H and O–H groups in total. The summed E-state index contributed by atoms with van der Waals surface area (Å²) < 4.78 is 0. The molecule has 0 saturated heterocycles. The summed E-state index contributed by atoms with van der Waals surface area (Å²) in [6, 6.07) is 15.9. The van der Waals surface area contributed by atoms with Gasteiger partial charge in [-0.2, -0.15) is 0 Å². The number of benzene rings is 2. The molecule has 126 valence electrons. The Kier molecular flexibility index (Phi) is 6.62. The number of hydrogen-bond acceptors (Lipinski definition) is 3. The van der Waals surface area contributed by atoms with Crippen LogP contribution in [0.1, 0.15) is 23.6 Å². The van der Waals surface area contributed by atoms with Gasteiger partial charge in [-0.1, -0.05) is 60.3 Å². The maximum atomic E-state index is 12.8. The highest BCUT2D eigenvalue weighted by Crippen LogP contribution is 2.22. The minimum absolute atomic E-state index is 0.0351. The van der Waals surface area contributed by atoms with E-state index in [4.69, 9.17) is 0 Å². The number of para-hydroxylation sites is 1. The van der Waals surface area contributed by atoms with Crippen LogP contribution in [0.4, 0.5) is 5.69 Å². The van der Waals surface area contributed by atoms with Crippen LogP contribution in [0.2, 0.25) is 0 Å². The van der Waals surface area contributed by atoms with Crippen molar-refractivity contribution in [3.05, 3.63) is 65.2 Å². The van der Waals surface area contributed by atoms with Crippen molar-refractivity contribution in [3.63, 3.8) is 0 Å². The molecule has 0 aliphatic heterocycles. The highest BCUT2D eigenvalue weighted by Gasteiger charge is 2.21. The van der Waals surface area contributed by atoms with Crippen LogP contribution in [0, 0.1) is 19.8 Å². The van der Waals surface area contributed by atoms with Crippen LogP contribution in [-0.4, -0.2) is 16.8 Å². The SMILES string of the molecule is CC(=O)SCC(Cc1ccccc1)C(=O)Nc1c(C)cccc1C. The molecule has 2 aromatic rings. The molecule has 0 aliphatic rings. The van der Waals surface area contributed by atoms with Gasteiger partial charge in [0.25, 0.3) is 0 Å². The van der Waals surface area contributed by atoms with E-state index in [1.165, 1.54) is 18.7 Å². The summed E-state index contributed by atoms with van der Waals surface area (Å²) in [5, 5.41) is 3.09. The number of thioether (sulfide) groups is 1. The molecule has 1 atom stereocenters. The summed E-state index contributed by atoms with van der Waals surface area (Å²) in [4.78, 5) is 24.1. The molecule has 2 rings (SSSR count). The molecule has 0 bridgehead atoms. The van der Waals surface area contributed by atoms with E-state index in [1.807, 2.05) is 62.4 Å². The molecule has 0 radical (unpaired) electrons. The minimum atomic E-state index is -0.250. The molecule has 1 amide bonds. The van der Waals surface area contributed by atoms with Gasteiger partial charge in [0.05, 0.1) is 5.92 Å². The lowest BCUT2D eigenvalue weighted by Crippen LogP contribution is -2.27. The molecule has 4 heteroatoms. The smallest absolute Gasteiger partial charge is 0.228 e. The van der Waals surface area contributed by atoms with Crippen molar-refractivity contribution in [1.82, 2.24) is 0 Å². The zero-order valence-corrected chi connectivity index (χ0v) is 15.2. The van der Waals surface area contributed by atoms with Crippen molar-refractivity contribution in [2.24, 2.45) is 5.92 Å². The Labute approximate surface area is 147 Å². The molecular formula is C20H23NO2S. The average molecular weight is 341 g/mol. The molecule has 0 spiro atoms. The van der Waals surface area contributed by atoms with E-state index in [1.54, 1.807) is 0 Å². The van der Waals surface area contributed by atoms with Crippen LogP contribution in [0.15, 0.2) is 48.5 Å². The van der Waals surface area contributed by atoms with Crippen LogP contribution >= 0.6 is 11.8 Å². The number of amides is 1. The summed E-state index contributed by atoms with van der Waals surface area (Å²) in [5.74, 6) is 0.200. The van der Waals surface area contributed by atoms with Gasteiger partial charge in [-0.3, -0.25) is 9.59 Å². The monoisotopic (exact) mass is 341 g/mol. The zero-order valence-electron chi connectivity index (χ0n) is 14.3. The molecule has 2 aromatic carbocycles. The topological polar surface area (TPSA) is 46.2 Å². The first-order valence-corrected chi connectivity index (χ1v) is 9.00. The van der Waals surface area contributed by atoms with E-state index < -0.39 is 0 Å². The zero-order chi connectivity index (χ0) is 17.5. The summed E-state index contributed by atoms with van der Waals surface area (Å²) >= 11 is 1.21. The third kappa shape index (κ3) is 5.24. The fourth-order valence-corrected chi connectivity index (χ4v) is 3.29. The summed E-state index contributed by atoms with van der Waals surface area (Å²) in [7, 11) is 0. The lowest BCUT2D eigenvalue weighted by atomic mass is 9.99. The van der Waals surface area contributed by atoms with Gasteiger partial charge in [0.15, 0.2) is 5.12 Å². The number of nitrogens with one attached hydrogen (secondary N) is 1. The Morgan fingerprint density at radius 2 is 1.62 bits per heavy atom. The van der Waals surface area contributed by atoms with Crippen LogP contribution < -0.4 is 5.32 Å². The predicted molar refractivity (Wildman–Crippen MR) is 101 cm³/mol. The first kappa shape index (κ1) is 18.3. The van der Waals surface area contributed by atoms with Gasteiger partial charge in [0, 0.05) is 18.4 Å². The Morgan fingerprint density at radius 3 is 2.21 bits per heavy atom. The molecule has 0 aromatic heterocycles. The molecule has 0 aliphatic carbocycles. The molecular weight excluding hydrogens is 318 g/mol. The normalized spacial score (nSPS) is 11.8. The van der Waals surface area contributed by atoms with E-state index in [0.717, 1.165) is 22.4 Å². The Bertz CT molecular complexity index is 693. The molecule has 24 heavy (non-hydrogen) atoms. The maximum absolute atomic E-state index is 12.8. The molecule has 0 heterocycles. The van der Waals surface area contributed by atoms with Crippen molar-refractivity contribution in [3.8, 4) is 0 Å². The predicted octanol–water partition coefficient (Wildman–Crippen LogP) is 4.38. The first-order valence-electron chi connectivity index (χ1n) is 8.01. The number of carbonyl (C=O) groups excluding carboxylic acids is 2. The largest absolute Gasteiger partial charge is 0.325 e. The van der Waals surface area contributed by atoms with Gasteiger partial charge in [0.2, 0.25) is 5.91 Å². The van der Waals surface area contributed by atoms with Crippen LogP contribution in [0.3, 0.4) is 0 Å². The van der Waals surface area contributed by atoms with E-state index in [0.29, 0.717) is 12.2 Å². The maximum Gasteiger partial charge on any atom is 0.228 e. The molecule has 3 nitrogen and oxygen atoms in total. The Morgan fingerprint density at radius 1 is 1.00 bits per heavy atom. The average Bonchev–Trinajstić information content (AvgIpc) is 2.55. The second kappa shape index (κ2) is 8.69. The third-order valence-electron chi connectivity index (χ3n) is 3.91. The fourth-order valence-electron chi connectivity index (χ4n) is 2.58. The lowest BCUT2D eigenvalue weighted by Gasteiger charge is -2.18. The molecule has 0 fully saturated rings. The van der Waals surface area contributed by atoms with Crippen LogP contribution in [0.5, 0.6) is 0 Å². The summed E-state index contributed by atoms with van der Waals surface area (Å²) in [6.45, 7) is 5.51. The first-order chi connectivity index (χ1) is 11.5. The van der Waals surface area contributed by atoms with Gasteiger partial charge in [0.1, 0.15) is 0 Å². The van der Waals surface area contributed by atoms with Crippen molar-refractivity contribution < 1.29 is 9.59 Å². The van der Waals surface area contributed by atoms with E-state index in [9.17, 15) is 9.59 Å². The van der Waals surface area contributed by atoms with Gasteiger partial charge < -0.3 is 5.32 Å². The number of carbonyl (C=O) groups is 2. The van der Waals surface area contributed by atoms with Gasteiger partial charge in [-0.15, -0.1) is 0 Å². The van der Waals surface area contributed by atoms with Gasteiger partial charge in [-0.25, -0.2) is 0 Å². The standard InChI is InChI=1S/C20H23NO2S/c1-14-8-7-9-15(2)19(14)21-20(23)18(13-24-16(3)22)12-17-10-5-4-6-11-17/h4-11,18H,12-13H2,1-3H3,(H,21,23). The van der Waals surface area contributed by atoms with Gasteiger partial charge >= 0.3 is 0 Å². The van der Waals surface area contributed by atoms with Crippen molar-refractivity contribution >= 4 is 28.5 Å².